The van der Waals surface area contributed by atoms with Gasteiger partial charge in [0.15, 0.2) is 11.5 Å². The maximum atomic E-state index is 13.4. The Balaban J connectivity index is 1.34. The van der Waals surface area contributed by atoms with Crippen molar-refractivity contribution in [1.82, 2.24) is 0 Å². The van der Waals surface area contributed by atoms with Crippen LogP contribution in [0.5, 0.6) is 11.5 Å². The predicted molar refractivity (Wildman–Crippen MR) is 121 cm³/mol. The lowest BCUT2D eigenvalue weighted by Crippen LogP contribution is -2.26. The van der Waals surface area contributed by atoms with Crippen LogP contribution in [0.4, 0.5) is 8.78 Å². The lowest BCUT2D eigenvalue weighted by Gasteiger charge is -2.15. The van der Waals surface area contributed by atoms with Crippen LogP contribution >= 0.6 is 0 Å². The number of rotatable bonds is 7. The molecule has 1 unspecified atom stereocenters. The van der Waals surface area contributed by atoms with E-state index in [-0.39, 0.29) is 23.7 Å². The first kappa shape index (κ1) is 21.8. The molecule has 1 heterocycles. The fourth-order valence-electron chi connectivity index (χ4n) is 4.28. The van der Waals surface area contributed by atoms with Crippen molar-refractivity contribution < 1.29 is 27.3 Å². The van der Waals surface area contributed by atoms with Crippen LogP contribution in [0.2, 0.25) is 0 Å². The highest BCUT2D eigenvalue weighted by atomic mass is 32.2. The molecule has 3 aromatic carbocycles. The normalized spacial score (nSPS) is 18.0. The third kappa shape index (κ3) is 4.17. The summed E-state index contributed by atoms with van der Waals surface area (Å²) in [7, 11) is -0.996. The first-order chi connectivity index (χ1) is 15.8. The molecule has 0 radical (unpaired) electrons. The fourth-order valence-corrected chi connectivity index (χ4v) is 5.05. The Morgan fingerprint density at radius 1 is 0.939 bits per heavy atom. The van der Waals surface area contributed by atoms with Gasteiger partial charge in [-0.05, 0) is 59.4 Å². The highest BCUT2D eigenvalue weighted by molar-refractivity contribution is 7.85. The molecular formula is C26H22F2O4S. The smallest absolute Gasteiger partial charge is 0.395 e. The molecule has 5 rings (SSSR count). The van der Waals surface area contributed by atoms with Crippen LogP contribution < -0.4 is 9.47 Å². The number of hydrogen-bond acceptors (Lipinski definition) is 4. The van der Waals surface area contributed by atoms with E-state index in [9.17, 15) is 17.8 Å². The van der Waals surface area contributed by atoms with E-state index in [4.69, 9.17) is 0 Å². The van der Waals surface area contributed by atoms with Gasteiger partial charge in [-0.1, -0.05) is 49.4 Å². The van der Waals surface area contributed by atoms with Crippen LogP contribution in [0.3, 0.4) is 0 Å². The zero-order valence-corrected chi connectivity index (χ0v) is 18.8. The van der Waals surface area contributed by atoms with E-state index in [0.29, 0.717) is 24.2 Å². The topological polar surface area (TPSA) is 52.6 Å². The number of halogens is 2. The number of Topliss-reactive ketones (excluding diaryl/α,β-unsaturated/α-hetero) is 1. The van der Waals surface area contributed by atoms with Crippen molar-refractivity contribution in [2.45, 2.75) is 42.8 Å². The Hall–Kier alpha value is -3.06. The third-order valence-corrected chi connectivity index (χ3v) is 7.56. The molecule has 0 bridgehead atoms. The molecule has 4 nitrogen and oxygen atoms in total. The van der Waals surface area contributed by atoms with Gasteiger partial charge in [0.05, 0.1) is 16.2 Å². The van der Waals surface area contributed by atoms with Crippen LogP contribution in [-0.2, 0) is 27.4 Å². The van der Waals surface area contributed by atoms with E-state index in [2.05, 4.69) is 9.47 Å². The number of fused-ring (bicyclic) bond motifs is 1. The van der Waals surface area contributed by atoms with Crippen molar-refractivity contribution in [1.29, 1.82) is 0 Å². The largest absolute Gasteiger partial charge is 0.586 e. The van der Waals surface area contributed by atoms with Crippen LogP contribution in [0.25, 0.3) is 11.1 Å². The number of carbonyl (C=O) groups excluding carboxylic acids is 1. The van der Waals surface area contributed by atoms with Gasteiger partial charge in [0.25, 0.3) is 0 Å². The van der Waals surface area contributed by atoms with Crippen LogP contribution in [0.15, 0.2) is 71.6 Å². The van der Waals surface area contributed by atoms with Gasteiger partial charge in [-0.3, -0.25) is 9.00 Å². The van der Waals surface area contributed by atoms with E-state index < -0.39 is 22.5 Å². The molecule has 7 heteroatoms. The average Bonchev–Trinajstić information content (AvgIpc) is 3.56. The second kappa shape index (κ2) is 8.06. The molecule has 170 valence electrons. The van der Waals surface area contributed by atoms with Gasteiger partial charge in [0.1, 0.15) is 5.78 Å². The Kier molecular flexibility index (Phi) is 5.32. The van der Waals surface area contributed by atoms with Crippen molar-refractivity contribution in [3.05, 3.63) is 77.9 Å². The molecule has 0 saturated heterocycles. The molecule has 1 fully saturated rings. The molecule has 1 aliphatic carbocycles. The molecule has 3 aromatic rings. The van der Waals surface area contributed by atoms with Gasteiger partial charge in [0, 0.05) is 17.1 Å². The van der Waals surface area contributed by atoms with E-state index in [1.165, 1.54) is 12.1 Å². The van der Waals surface area contributed by atoms with Crippen molar-refractivity contribution in [3.63, 3.8) is 0 Å². The number of ether oxygens (including phenoxy) is 2. The standard InChI is InChI=1S/C26H22F2O4S/c1-2-33(30)21-9-6-18(7-10-21)19-5-3-4-17(14-19)15-24(29)25(12-13-25)20-8-11-22-23(16-20)32-26(27,28)31-22/h3-11,14,16H,2,12-13,15H2,1H3. The van der Waals surface area contributed by atoms with Crippen LogP contribution in [0, 0.1) is 0 Å². The summed E-state index contributed by atoms with van der Waals surface area (Å²) in [6, 6.07) is 20.0. The van der Waals surface area contributed by atoms with E-state index in [1.807, 2.05) is 55.5 Å². The summed E-state index contributed by atoms with van der Waals surface area (Å²) < 4.78 is 47.7. The van der Waals surface area contributed by atoms with E-state index >= 15 is 0 Å². The van der Waals surface area contributed by atoms with E-state index in [0.717, 1.165) is 21.6 Å². The number of alkyl halides is 2. The molecule has 0 amide bonds. The molecule has 1 saturated carbocycles. The minimum absolute atomic E-state index is 0.0199. The zero-order chi connectivity index (χ0) is 23.2. The molecule has 33 heavy (non-hydrogen) atoms. The predicted octanol–water partition coefficient (Wildman–Crippen LogP) is 5.65. The van der Waals surface area contributed by atoms with Crippen molar-refractivity contribution in [3.8, 4) is 22.6 Å². The summed E-state index contributed by atoms with van der Waals surface area (Å²) in [6.07, 6.45) is -2.07. The SMILES string of the molecule is CCS(=O)c1ccc(-c2cccc(CC(=O)C3(c4ccc5c(c4)OC(F)(F)O5)CC3)c2)cc1. The Labute approximate surface area is 193 Å². The molecule has 0 aromatic heterocycles. The molecular weight excluding hydrogens is 446 g/mol. The summed E-state index contributed by atoms with van der Waals surface area (Å²) in [5, 5.41) is 0. The van der Waals surface area contributed by atoms with Crippen molar-refractivity contribution in [2.75, 3.05) is 5.75 Å². The van der Waals surface area contributed by atoms with Gasteiger partial charge in [-0.15, -0.1) is 8.78 Å². The maximum Gasteiger partial charge on any atom is 0.586 e. The second-order valence-corrected chi connectivity index (χ2v) is 10.1. The molecule has 0 spiro atoms. The van der Waals surface area contributed by atoms with Crippen LogP contribution in [0.1, 0.15) is 30.9 Å². The Bertz CT molecular complexity index is 1250. The number of carbonyl (C=O) groups is 1. The molecule has 1 aliphatic heterocycles. The fraction of sp³-hybridized carbons (Fsp3) is 0.269. The van der Waals surface area contributed by atoms with Gasteiger partial charge in [0.2, 0.25) is 0 Å². The zero-order valence-electron chi connectivity index (χ0n) is 18.0. The lowest BCUT2D eigenvalue weighted by molar-refractivity contribution is -0.286. The molecule has 1 atom stereocenters. The quantitative estimate of drug-likeness (QED) is 0.450. The van der Waals surface area contributed by atoms with Crippen molar-refractivity contribution in [2.24, 2.45) is 0 Å². The molecule has 2 aliphatic rings. The summed E-state index contributed by atoms with van der Waals surface area (Å²) in [5.74, 6) is 0.572. The number of ketones is 1. The minimum Gasteiger partial charge on any atom is -0.395 e. The summed E-state index contributed by atoms with van der Waals surface area (Å²) in [4.78, 5) is 14.1. The van der Waals surface area contributed by atoms with Gasteiger partial charge in [-0.2, -0.15) is 0 Å². The minimum atomic E-state index is -3.67. The van der Waals surface area contributed by atoms with Gasteiger partial charge < -0.3 is 9.47 Å². The lowest BCUT2D eigenvalue weighted by atomic mass is 9.87. The van der Waals surface area contributed by atoms with Gasteiger partial charge in [-0.25, -0.2) is 0 Å². The second-order valence-electron chi connectivity index (χ2n) is 8.37. The first-order valence-electron chi connectivity index (χ1n) is 10.8. The summed E-state index contributed by atoms with van der Waals surface area (Å²) >= 11 is 0. The first-order valence-corrected chi connectivity index (χ1v) is 12.1. The van der Waals surface area contributed by atoms with Crippen LogP contribution in [-0.4, -0.2) is 22.0 Å². The number of hydrogen-bond donors (Lipinski definition) is 0. The Morgan fingerprint density at radius 2 is 1.67 bits per heavy atom. The third-order valence-electron chi connectivity index (χ3n) is 6.24. The average molecular weight is 469 g/mol. The summed E-state index contributed by atoms with van der Waals surface area (Å²) in [6.45, 7) is 1.88. The van der Waals surface area contributed by atoms with E-state index in [1.54, 1.807) is 6.07 Å². The Morgan fingerprint density at radius 3 is 2.36 bits per heavy atom. The highest BCUT2D eigenvalue weighted by Gasteiger charge is 2.52. The summed E-state index contributed by atoms with van der Waals surface area (Å²) in [5.41, 5.74) is 2.86. The number of benzene rings is 3. The highest BCUT2D eigenvalue weighted by Crippen LogP contribution is 2.52. The van der Waals surface area contributed by atoms with Crippen molar-refractivity contribution >= 4 is 16.6 Å². The monoisotopic (exact) mass is 468 g/mol. The maximum absolute atomic E-state index is 13.4. The van der Waals surface area contributed by atoms with Gasteiger partial charge >= 0.3 is 6.29 Å². The molecule has 0 N–H and O–H groups in total.